The highest BCUT2D eigenvalue weighted by Gasteiger charge is 2.32. The largest absolute Gasteiger partial charge is 0.348 e. The first-order valence-corrected chi connectivity index (χ1v) is 6.68. The number of benzene rings is 1. The van der Waals surface area contributed by atoms with Crippen LogP contribution < -0.4 is 5.32 Å². The van der Waals surface area contributed by atoms with Gasteiger partial charge in [-0.1, -0.05) is 29.3 Å². The van der Waals surface area contributed by atoms with Gasteiger partial charge >= 0.3 is 0 Å². The molecule has 100 valence electrons. The fourth-order valence-electron chi connectivity index (χ4n) is 1.90. The predicted octanol–water partition coefficient (Wildman–Crippen LogP) is 3.23. The summed E-state index contributed by atoms with van der Waals surface area (Å²) in [6, 6.07) is 5.51. The maximum absolute atomic E-state index is 6.09. The third kappa shape index (κ3) is 3.84. The molecule has 0 saturated carbocycles. The maximum atomic E-state index is 6.09. The van der Waals surface area contributed by atoms with E-state index < -0.39 is 5.79 Å². The molecular weight excluding hydrogens is 273 g/mol. The average Bonchev–Trinajstić information content (AvgIpc) is 2.61. The first-order valence-electron chi connectivity index (χ1n) is 5.93. The highest BCUT2D eigenvalue weighted by molar-refractivity contribution is 6.35. The van der Waals surface area contributed by atoms with Gasteiger partial charge in [0.2, 0.25) is 0 Å². The summed E-state index contributed by atoms with van der Waals surface area (Å²) in [4.78, 5) is 0. The van der Waals surface area contributed by atoms with Crippen LogP contribution in [0.1, 0.15) is 19.4 Å². The number of nitrogens with one attached hydrogen (secondary N) is 1. The van der Waals surface area contributed by atoms with E-state index in [9.17, 15) is 0 Å². The van der Waals surface area contributed by atoms with Gasteiger partial charge in [0.05, 0.1) is 12.7 Å². The van der Waals surface area contributed by atoms with E-state index in [2.05, 4.69) is 5.32 Å². The van der Waals surface area contributed by atoms with E-state index in [-0.39, 0.29) is 6.10 Å². The summed E-state index contributed by atoms with van der Waals surface area (Å²) in [5.74, 6) is -0.468. The van der Waals surface area contributed by atoms with Crippen LogP contribution in [-0.4, -0.2) is 25.0 Å². The zero-order valence-electron chi connectivity index (χ0n) is 10.5. The van der Waals surface area contributed by atoms with Crippen LogP contribution in [0.2, 0.25) is 10.0 Å². The zero-order chi connectivity index (χ0) is 13.2. The van der Waals surface area contributed by atoms with E-state index in [4.69, 9.17) is 32.7 Å². The van der Waals surface area contributed by atoms with Gasteiger partial charge in [0, 0.05) is 23.1 Å². The Hall–Kier alpha value is -0.320. The lowest BCUT2D eigenvalue weighted by atomic mass is 10.2. The van der Waals surface area contributed by atoms with Gasteiger partial charge in [-0.2, -0.15) is 0 Å². The van der Waals surface area contributed by atoms with E-state index in [1.807, 2.05) is 26.0 Å². The third-order valence-electron chi connectivity index (χ3n) is 2.77. The summed E-state index contributed by atoms with van der Waals surface area (Å²) in [7, 11) is 0. The lowest BCUT2D eigenvalue weighted by Crippen LogP contribution is -2.30. The molecule has 1 saturated heterocycles. The normalized spacial score (nSPS) is 22.3. The highest BCUT2D eigenvalue weighted by atomic mass is 35.5. The summed E-state index contributed by atoms with van der Waals surface area (Å²) in [6.45, 7) is 5.89. The molecular formula is C13H17Cl2NO2. The summed E-state index contributed by atoms with van der Waals surface area (Å²) >= 11 is 11.9. The minimum absolute atomic E-state index is 0.0890. The van der Waals surface area contributed by atoms with Crippen molar-refractivity contribution in [1.29, 1.82) is 0 Å². The van der Waals surface area contributed by atoms with Gasteiger partial charge in [-0.05, 0) is 31.5 Å². The van der Waals surface area contributed by atoms with Crippen molar-refractivity contribution in [2.24, 2.45) is 0 Å². The molecule has 0 bridgehead atoms. The minimum atomic E-state index is -0.468. The van der Waals surface area contributed by atoms with Crippen LogP contribution >= 0.6 is 23.2 Å². The Morgan fingerprint density at radius 3 is 2.78 bits per heavy atom. The summed E-state index contributed by atoms with van der Waals surface area (Å²) in [6.07, 6.45) is 0.0890. The van der Waals surface area contributed by atoms with Crippen LogP contribution in [0.15, 0.2) is 18.2 Å². The van der Waals surface area contributed by atoms with Crippen molar-refractivity contribution in [3.8, 4) is 0 Å². The monoisotopic (exact) mass is 289 g/mol. The van der Waals surface area contributed by atoms with Gasteiger partial charge < -0.3 is 14.8 Å². The van der Waals surface area contributed by atoms with Gasteiger partial charge in [-0.15, -0.1) is 0 Å². The average molecular weight is 290 g/mol. The standard InChI is InChI=1S/C13H17Cl2NO2/c1-13(2)17-8-11(18-13)7-16-6-9-3-4-10(14)5-12(9)15/h3-5,11,16H,6-8H2,1-2H3. The summed E-state index contributed by atoms with van der Waals surface area (Å²) in [5.41, 5.74) is 1.03. The van der Waals surface area contributed by atoms with Crippen LogP contribution in [0.25, 0.3) is 0 Å². The van der Waals surface area contributed by atoms with Crippen molar-refractivity contribution in [3.63, 3.8) is 0 Å². The molecule has 0 amide bonds. The van der Waals surface area contributed by atoms with Crippen molar-refractivity contribution >= 4 is 23.2 Å². The molecule has 2 rings (SSSR count). The quantitative estimate of drug-likeness (QED) is 0.923. The maximum Gasteiger partial charge on any atom is 0.163 e. The second kappa shape index (κ2) is 5.76. The lowest BCUT2D eigenvalue weighted by Gasteiger charge is -2.17. The van der Waals surface area contributed by atoms with Crippen molar-refractivity contribution < 1.29 is 9.47 Å². The molecule has 0 aliphatic carbocycles. The summed E-state index contributed by atoms with van der Waals surface area (Å²) < 4.78 is 11.2. The van der Waals surface area contributed by atoms with Gasteiger partial charge in [0.15, 0.2) is 5.79 Å². The van der Waals surface area contributed by atoms with Gasteiger partial charge in [0.25, 0.3) is 0 Å². The molecule has 0 radical (unpaired) electrons. The number of halogens is 2. The highest BCUT2D eigenvalue weighted by Crippen LogP contribution is 2.23. The van der Waals surface area contributed by atoms with E-state index in [0.29, 0.717) is 23.2 Å². The second-order valence-corrected chi connectivity index (χ2v) is 5.66. The van der Waals surface area contributed by atoms with Gasteiger partial charge in [0.1, 0.15) is 0 Å². The van der Waals surface area contributed by atoms with Crippen molar-refractivity contribution in [3.05, 3.63) is 33.8 Å². The molecule has 1 aliphatic heterocycles. The van der Waals surface area contributed by atoms with Gasteiger partial charge in [-0.3, -0.25) is 0 Å². The van der Waals surface area contributed by atoms with Crippen molar-refractivity contribution in [1.82, 2.24) is 5.32 Å². The first kappa shape index (κ1) is 14.1. The van der Waals surface area contributed by atoms with E-state index in [0.717, 1.165) is 12.1 Å². The molecule has 1 N–H and O–H groups in total. The van der Waals surface area contributed by atoms with Crippen LogP contribution in [0, 0.1) is 0 Å². The molecule has 5 heteroatoms. The Morgan fingerprint density at radius 1 is 1.39 bits per heavy atom. The van der Waals surface area contributed by atoms with Crippen LogP contribution in [0.5, 0.6) is 0 Å². The fraction of sp³-hybridized carbons (Fsp3) is 0.538. The Bertz CT molecular complexity index is 423. The molecule has 1 atom stereocenters. The molecule has 3 nitrogen and oxygen atoms in total. The summed E-state index contributed by atoms with van der Waals surface area (Å²) in [5, 5.41) is 4.64. The molecule has 1 aromatic carbocycles. The first-order chi connectivity index (χ1) is 8.46. The fourth-order valence-corrected chi connectivity index (χ4v) is 2.37. The topological polar surface area (TPSA) is 30.5 Å². The number of ether oxygens (including phenoxy) is 2. The zero-order valence-corrected chi connectivity index (χ0v) is 12.0. The van der Waals surface area contributed by atoms with Crippen molar-refractivity contribution in [2.75, 3.05) is 13.2 Å². The minimum Gasteiger partial charge on any atom is -0.348 e. The second-order valence-electron chi connectivity index (χ2n) is 4.82. The Morgan fingerprint density at radius 2 is 2.17 bits per heavy atom. The van der Waals surface area contributed by atoms with E-state index >= 15 is 0 Å². The smallest absolute Gasteiger partial charge is 0.163 e. The Balaban J connectivity index is 1.79. The van der Waals surface area contributed by atoms with Crippen molar-refractivity contribution in [2.45, 2.75) is 32.3 Å². The molecule has 1 aliphatic rings. The molecule has 1 unspecified atom stereocenters. The van der Waals surface area contributed by atoms with Crippen LogP contribution in [0.4, 0.5) is 0 Å². The van der Waals surface area contributed by atoms with Crippen LogP contribution in [-0.2, 0) is 16.0 Å². The van der Waals surface area contributed by atoms with E-state index in [1.165, 1.54) is 0 Å². The Labute approximate surface area is 117 Å². The molecule has 0 spiro atoms. The molecule has 18 heavy (non-hydrogen) atoms. The molecule has 1 heterocycles. The number of rotatable bonds is 4. The predicted molar refractivity (Wildman–Crippen MR) is 73.1 cm³/mol. The SMILES string of the molecule is CC1(C)OCC(CNCc2ccc(Cl)cc2Cl)O1. The van der Waals surface area contributed by atoms with Gasteiger partial charge in [-0.25, -0.2) is 0 Å². The Kier molecular flexibility index (Phi) is 4.51. The number of hydrogen-bond donors (Lipinski definition) is 1. The third-order valence-corrected chi connectivity index (χ3v) is 3.36. The molecule has 0 aromatic heterocycles. The molecule has 1 aromatic rings. The molecule has 1 fully saturated rings. The van der Waals surface area contributed by atoms with Crippen LogP contribution in [0.3, 0.4) is 0 Å². The number of hydrogen-bond acceptors (Lipinski definition) is 3. The lowest BCUT2D eigenvalue weighted by molar-refractivity contribution is -0.137. The van der Waals surface area contributed by atoms with E-state index in [1.54, 1.807) is 6.07 Å².